The molecule has 6 heteroatoms. The van der Waals surface area contributed by atoms with Gasteiger partial charge in [0.25, 0.3) is 0 Å². The lowest BCUT2D eigenvalue weighted by Crippen LogP contribution is -1.92. The maximum Gasteiger partial charge on any atom is 0.115 e. The number of hydrogen-bond donors (Lipinski definition) is 1. The van der Waals surface area contributed by atoms with Crippen LogP contribution in [0.5, 0.6) is 0 Å². The highest BCUT2D eigenvalue weighted by atomic mass is 32.1. The summed E-state index contributed by atoms with van der Waals surface area (Å²) in [6.45, 7) is 0. The Hall–Kier alpha value is -6.60. The molecule has 0 saturated carbocycles. The van der Waals surface area contributed by atoms with Crippen LogP contribution in [-0.2, 0) is 0 Å². The summed E-state index contributed by atoms with van der Waals surface area (Å²) in [5, 5.41) is 7.41. The number of benzene rings is 8. The normalized spacial score (nSPS) is 12.1. The van der Waals surface area contributed by atoms with Gasteiger partial charge in [-0.3, -0.25) is 0 Å². The number of fused-ring (bicyclic) bond motifs is 11. The van der Waals surface area contributed by atoms with Crippen molar-refractivity contribution in [2.75, 3.05) is 0 Å². The van der Waals surface area contributed by atoms with E-state index in [-0.39, 0.29) is 0 Å². The van der Waals surface area contributed by atoms with Gasteiger partial charge in [0.1, 0.15) is 11.0 Å². The number of thiophene rings is 1. The van der Waals surface area contributed by atoms with Crippen LogP contribution in [0.1, 0.15) is 0 Å². The largest absolute Gasteiger partial charge is 0.354 e. The second-order valence-electron chi connectivity index (χ2n) is 14.0. The fourth-order valence-corrected chi connectivity index (χ4v) is 10.4. The Morgan fingerprint density at radius 1 is 0.444 bits per heavy atom. The van der Waals surface area contributed by atoms with Crippen LogP contribution in [0.3, 0.4) is 0 Å². The molecule has 8 aromatic carbocycles. The minimum absolute atomic E-state index is 0.934. The summed E-state index contributed by atoms with van der Waals surface area (Å²) in [6.07, 6.45) is 0. The third kappa shape index (κ3) is 4.35. The Morgan fingerprint density at radius 3 is 2.09 bits per heavy atom. The molecular formula is C48H28N4S2. The highest BCUT2D eigenvalue weighted by Crippen LogP contribution is 2.43. The summed E-state index contributed by atoms with van der Waals surface area (Å²) in [4.78, 5) is 3.74. The van der Waals surface area contributed by atoms with E-state index in [4.69, 9.17) is 8.75 Å². The zero-order valence-electron chi connectivity index (χ0n) is 28.7. The molecule has 0 bridgehead atoms. The Labute approximate surface area is 317 Å². The number of rotatable bonds is 4. The van der Waals surface area contributed by atoms with Crippen molar-refractivity contribution >= 4 is 97.9 Å². The average Bonchev–Trinajstić information content (AvgIpc) is 4.02. The van der Waals surface area contributed by atoms with E-state index in [1.807, 2.05) is 11.3 Å². The minimum Gasteiger partial charge on any atom is -0.354 e. The number of nitrogens with zero attached hydrogens (tertiary/aromatic N) is 3. The predicted molar refractivity (Wildman–Crippen MR) is 230 cm³/mol. The van der Waals surface area contributed by atoms with Gasteiger partial charge in [-0.1, -0.05) is 103 Å². The zero-order chi connectivity index (χ0) is 35.3. The van der Waals surface area contributed by atoms with Crippen molar-refractivity contribution in [2.24, 2.45) is 0 Å². The highest BCUT2D eigenvalue weighted by Gasteiger charge is 2.19. The Morgan fingerprint density at radius 2 is 1.15 bits per heavy atom. The molecule has 0 aliphatic heterocycles. The summed E-state index contributed by atoms with van der Waals surface area (Å²) < 4.78 is 14.8. The third-order valence-corrected chi connectivity index (χ3v) is 12.8. The van der Waals surface area contributed by atoms with Crippen LogP contribution in [0.4, 0.5) is 0 Å². The van der Waals surface area contributed by atoms with Gasteiger partial charge in [-0.15, -0.1) is 11.3 Å². The quantitative estimate of drug-likeness (QED) is 0.196. The number of aromatic amines is 1. The number of nitrogens with one attached hydrogen (secondary N) is 1. The molecule has 0 aliphatic carbocycles. The average molecular weight is 725 g/mol. The van der Waals surface area contributed by atoms with Gasteiger partial charge in [0, 0.05) is 64.0 Å². The Kier molecular flexibility index (Phi) is 6.34. The van der Waals surface area contributed by atoms with Gasteiger partial charge in [-0.2, -0.15) is 8.75 Å². The van der Waals surface area contributed by atoms with Crippen LogP contribution in [0, 0.1) is 0 Å². The molecular weight excluding hydrogens is 697 g/mol. The van der Waals surface area contributed by atoms with Crippen LogP contribution >= 0.6 is 23.1 Å². The van der Waals surface area contributed by atoms with Crippen molar-refractivity contribution in [3.63, 3.8) is 0 Å². The number of H-pyrrole nitrogens is 1. The van der Waals surface area contributed by atoms with Crippen LogP contribution in [0.2, 0.25) is 0 Å². The van der Waals surface area contributed by atoms with Gasteiger partial charge in [-0.05, 0) is 88.5 Å². The van der Waals surface area contributed by atoms with Crippen molar-refractivity contribution in [1.82, 2.24) is 18.3 Å². The molecule has 252 valence electrons. The first kappa shape index (κ1) is 29.9. The molecule has 0 aliphatic rings. The predicted octanol–water partition coefficient (Wildman–Crippen LogP) is 13.8. The van der Waals surface area contributed by atoms with E-state index in [2.05, 4.69) is 173 Å². The molecule has 0 amide bonds. The summed E-state index contributed by atoms with van der Waals surface area (Å²) >= 11 is 3.15. The summed E-state index contributed by atoms with van der Waals surface area (Å²) in [6, 6.07) is 59.4. The van der Waals surface area contributed by atoms with Crippen molar-refractivity contribution < 1.29 is 0 Å². The first-order valence-corrected chi connectivity index (χ1v) is 19.6. The molecule has 0 spiro atoms. The lowest BCUT2D eigenvalue weighted by Gasteiger charge is -2.09. The second-order valence-corrected chi connectivity index (χ2v) is 15.6. The molecule has 0 atom stereocenters. The summed E-state index contributed by atoms with van der Waals surface area (Å²) in [7, 11) is 0. The summed E-state index contributed by atoms with van der Waals surface area (Å²) in [5.74, 6) is 0. The molecule has 4 aromatic heterocycles. The van der Waals surface area contributed by atoms with Gasteiger partial charge in [-0.25, -0.2) is 0 Å². The van der Waals surface area contributed by atoms with E-state index >= 15 is 0 Å². The van der Waals surface area contributed by atoms with Gasteiger partial charge in [0.15, 0.2) is 0 Å². The van der Waals surface area contributed by atoms with Crippen molar-refractivity contribution in [3.8, 4) is 39.1 Å². The molecule has 0 saturated heterocycles. The molecule has 0 radical (unpaired) electrons. The molecule has 0 fully saturated rings. The maximum atomic E-state index is 4.92. The Balaban J connectivity index is 0.993. The van der Waals surface area contributed by atoms with Crippen molar-refractivity contribution in [1.29, 1.82) is 0 Å². The van der Waals surface area contributed by atoms with Gasteiger partial charge >= 0.3 is 0 Å². The van der Waals surface area contributed by atoms with Crippen molar-refractivity contribution in [2.45, 2.75) is 0 Å². The smallest absolute Gasteiger partial charge is 0.115 e. The lowest BCUT2D eigenvalue weighted by molar-refractivity contribution is 1.18. The first-order valence-electron chi connectivity index (χ1n) is 18.1. The number of aromatic nitrogens is 4. The van der Waals surface area contributed by atoms with E-state index in [1.165, 1.54) is 81.3 Å². The van der Waals surface area contributed by atoms with E-state index in [1.54, 1.807) is 0 Å². The second kappa shape index (κ2) is 11.4. The summed E-state index contributed by atoms with van der Waals surface area (Å²) in [5.41, 5.74) is 14.6. The van der Waals surface area contributed by atoms with Crippen LogP contribution in [0.15, 0.2) is 164 Å². The SMILES string of the molecule is c1ccc(-n2c3ccccc3c3cc(-c4cccc(-c5cc6[nH]c7ccc(-c8cccc9c8sc8ccccc89)cc7c6c6nsnc56)c4)ccc32)cc1. The van der Waals surface area contributed by atoms with Gasteiger partial charge in [0.2, 0.25) is 0 Å². The molecule has 4 nitrogen and oxygen atoms in total. The molecule has 1 N–H and O–H groups in total. The standard InChI is InChI=1S/C48H28N4S2/c1-2-12-32(13-3-1)52-42-18-6-4-14-34(42)38-25-29(21-23-43(38)52)28-10-8-11-30(24-28)37-27-41-45(47-46(37)50-54-51-47)39-26-31(20-22-40(39)49-41)33-16-9-17-36-35-15-5-7-19-44(35)53-48(33)36/h1-27,49H. The minimum atomic E-state index is 0.934. The Bertz CT molecular complexity index is 3460. The molecule has 4 heterocycles. The highest BCUT2D eigenvalue weighted by molar-refractivity contribution is 7.26. The van der Waals surface area contributed by atoms with Gasteiger partial charge in [0.05, 0.1) is 22.8 Å². The topological polar surface area (TPSA) is 46.5 Å². The number of hydrogen-bond acceptors (Lipinski definition) is 4. The van der Waals surface area contributed by atoms with E-state index in [9.17, 15) is 0 Å². The van der Waals surface area contributed by atoms with Crippen LogP contribution in [-0.4, -0.2) is 18.3 Å². The number of para-hydroxylation sites is 2. The maximum absolute atomic E-state index is 4.92. The van der Waals surface area contributed by atoms with Crippen LogP contribution in [0.25, 0.3) is 114 Å². The third-order valence-electron chi connectivity index (χ3n) is 11.0. The first-order chi connectivity index (χ1) is 26.8. The fraction of sp³-hybridized carbons (Fsp3) is 0. The molecule has 0 unspecified atom stereocenters. The van der Waals surface area contributed by atoms with E-state index in [0.29, 0.717) is 0 Å². The van der Waals surface area contributed by atoms with Crippen molar-refractivity contribution in [3.05, 3.63) is 164 Å². The molecule has 12 rings (SSSR count). The lowest BCUT2D eigenvalue weighted by atomic mass is 9.96. The monoisotopic (exact) mass is 724 g/mol. The molecule has 54 heavy (non-hydrogen) atoms. The van der Waals surface area contributed by atoms with Crippen LogP contribution < -0.4 is 0 Å². The molecule has 12 aromatic rings. The zero-order valence-corrected chi connectivity index (χ0v) is 30.4. The van der Waals surface area contributed by atoms with Gasteiger partial charge < -0.3 is 9.55 Å². The van der Waals surface area contributed by atoms with E-state index < -0.39 is 0 Å². The fourth-order valence-electron chi connectivity index (χ4n) is 8.55. The van der Waals surface area contributed by atoms with E-state index in [0.717, 1.165) is 44.3 Å².